The Labute approximate surface area is 158 Å². The summed E-state index contributed by atoms with van der Waals surface area (Å²) >= 11 is 0. The van der Waals surface area contributed by atoms with E-state index in [1.165, 1.54) is 0 Å². The van der Waals surface area contributed by atoms with Crippen molar-refractivity contribution >= 4 is 16.7 Å². The van der Waals surface area contributed by atoms with Crippen molar-refractivity contribution < 1.29 is 15.0 Å². The Morgan fingerprint density at radius 1 is 1.26 bits per heavy atom. The molecule has 3 rings (SSSR count). The van der Waals surface area contributed by atoms with Gasteiger partial charge in [-0.3, -0.25) is 14.5 Å². The quantitative estimate of drug-likeness (QED) is 0.670. The van der Waals surface area contributed by atoms with Gasteiger partial charge in [0.1, 0.15) is 5.78 Å². The molecular weight excluding hydrogens is 342 g/mol. The lowest BCUT2D eigenvalue weighted by molar-refractivity contribution is -0.120. The second-order valence-corrected chi connectivity index (χ2v) is 7.46. The fourth-order valence-corrected chi connectivity index (χ4v) is 3.52. The van der Waals surface area contributed by atoms with Crippen molar-refractivity contribution in [2.24, 2.45) is 7.05 Å². The molecule has 3 aromatic rings. The highest BCUT2D eigenvalue weighted by Gasteiger charge is 2.30. The molecule has 1 aromatic carbocycles. The first-order chi connectivity index (χ1) is 12.8. The minimum Gasteiger partial charge on any atom is -0.390 e. The number of aliphatic hydroxyl groups is 2. The van der Waals surface area contributed by atoms with Crippen molar-refractivity contribution in [3.05, 3.63) is 59.5 Å². The highest BCUT2D eigenvalue weighted by Crippen LogP contribution is 2.32. The van der Waals surface area contributed by atoms with Gasteiger partial charge in [0.25, 0.3) is 0 Å². The minimum absolute atomic E-state index is 0.00870. The zero-order valence-corrected chi connectivity index (χ0v) is 15.9. The predicted octanol–water partition coefficient (Wildman–Crippen LogP) is 2.52. The highest BCUT2D eigenvalue weighted by atomic mass is 16.3. The molecule has 1 atom stereocenters. The number of rotatable bonds is 7. The molecule has 0 aliphatic carbocycles. The number of nitrogens with zero attached hydrogens (tertiary/aromatic N) is 3. The van der Waals surface area contributed by atoms with Crippen LogP contribution in [0.2, 0.25) is 0 Å². The molecule has 27 heavy (non-hydrogen) atoms. The largest absolute Gasteiger partial charge is 0.390 e. The number of hydrogen-bond donors (Lipinski definition) is 2. The summed E-state index contributed by atoms with van der Waals surface area (Å²) in [6.07, 6.45) is 2.07. The number of fused-ring (bicyclic) bond motifs is 1. The zero-order valence-electron chi connectivity index (χ0n) is 15.9. The summed E-state index contributed by atoms with van der Waals surface area (Å²) in [5.41, 5.74) is 1.80. The van der Waals surface area contributed by atoms with E-state index in [1.54, 1.807) is 31.8 Å². The summed E-state index contributed by atoms with van der Waals surface area (Å²) < 4.78 is 1.67. The number of pyridine rings is 1. The standard InChI is InChI=1S/C21H25N3O3/c1-21(2,27)18(14-7-5-4-6-8-14)11-17(26)10-16-9-15-12-22-24(3)20(15)19(13-25)23-16/h4-9,12,18,25,27H,10-11,13H2,1-3H3/t18-/m0/s1. The van der Waals surface area contributed by atoms with Gasteiger partial charge in [-0.1, -0.05) is 30.3 Å². The molecule has 0 saturated heterocycles. The first-order valence-corrected chi connectivity index (χ1v) is 9.00. The number of aliphatic hydroxyl groups excluding tert-OH is 1. The Morgan fingerprint density at radius 3 is 2.59 bits per heavy atom. The van der Waals surface area contributed by atoms with Gasteiger partial charge >= 0.3 is 0 Å². The van der Waals surface area contributed by atoms with Gasteiger partial charge in [0.15, 0.2) is 0 Å². The molecule has 2 heterocycles. The molecule has 0 aliphatic heterocycles. The average molecular weight is 367 g/mol. The summed E-state index contributed by atoms with van der Waals surface area (Å²) in [4.78, 5) is 17.2. The van der Waals surface area contributed by atoms with Gasteiger partial charge in [-0.05, 0) is 25.5 Å². The van der Waals surface area contributed by atoms with Gasteiger partial charge < -0.3 is 10.2 Å². The van der Waals surface area contributed by atoms with Crippen LogP contribution in [-0.2, 0) is 24.9 Å². The summed E-state index contributed by atoms with van der Waals surface area (Å²) in [5, 5.41) is 25.2. The summed E-state index contributed by atoms with van der Waals surface area (Å²) in [5.74, 6) is -0.309. The number of carbonyl (C=O) groups is 1. The topological polar surface area (TPSA) is 88.2 Å². The van der Waals surface area contributed by atoms with Crippen molar-refractivity contribution in [1.82, 2.24) is 14.8 Å². The van der Waals surface area contributed by atoms with Gasteiger partial charge in [-0.2, -0.15) is 5.10 Å². The Balaban J connectivity index is 1.83. The highest BCUT2D eigenvalue weighted by molar-refractivity contribution is 5.85. The van der Waals surface area contributed by atoms with Crippen LogP contribution in [0.15, 0.2) is 42.6 Å². The number of aromatic nitrogens is 3. The first-order valence-electron chi connectivity index (χ1n) is 9.00. The average Bonchev–Trinajstić information content (AvgIpc) is 3.00. The Hall–Kier alpha value is -2.57. The minimum atomic E-state index is -1.02. The van der Waals surface area contributed by atoms with Crippen molar-refractivity contribution in [1.29, 1.82) is 0 Å². The molecule has 2 aromatic heterocycles. The van der Waals surface area contributed by atoms with Crippen LogP contribution in [0, 0.1) is 0 Å². The van der Waals surface area contributed by atoms with Gasteiger partial charge in [-0.15, -0.1) is 0 Å². The number of ketones is 1. The van der Waals surface area contributed by atoms with Crippen molar-refractivity contribution in [3.63, 3.8) is 0 Å². The maximum absolute atomic E-state index is 12.7. The van der Waals surface area contributed by atoms with Crippen LogP contribution in [0.4, 0.5) is 0 Å². The lowest BCUT2D eigenvalue weighted by atomic mass is 9.80. The lowest BCUT2D eigenvalue weighted by Gasteiger charge is -2.29. The van der Waals surface area contributed by atoms with Crippen molar-refractivity contribution in [3.8, 4) is 0 Å². The molecule has 0 unspecified atom stereocenters. The van der Waals surface area contributed by atoms with E-state index in [1.807, 2.05) is 36.4 Å². The van der Waals surface area contributed by atoms with Crippen LogP contribution in [0.5, 0.6) is 0 Å². The third kappa shape index (κ3) is 4.23. The van der Waals surface area contributed by atoms with E-state index >= 15 is 0 Å². The van der Waals surface area contributed by atoms with Crippen LogP contribution in [0.25, 0.3) is 10.9 Å². The summed E-state index contributed by atoms with van der Waals surface area (Å²) in [6.45, 7) is 3.23. The molecule has 0 bridgehead atoms. The van der Waals surface area contributed by atoms with Crippen LogP contribution in [0.1, 0.15) is 43.1 Å². The normalized spacial score (nSPS) is 13.1. The van der Waals surface area contributed by atoms with E-state index in [0.717, 1.165) is 16.5 Å². The lowest BCUT2D eigenvalue weighted by Crippen LogP contribution is -2.31. The molecule has 0 spiro atoms. The van der Waals surface area contributed by atoms with E-state index < -0.39 is 5.60 Å². The smallest absolute Gasteiger partial charge is 0.139 e. The van der Waals surface area contributed by atoms with Crippen LogP contribution < -0.4 is 0 Å². The third-order valence-corrected chi connectivity index (χ3v) is 4.86. The Kier molecular flexibility index (Phi) is 5.39. The fraction of sp³-hybridized carbons (Fsp3) is 0.381. The maximum atomic E-state index is 12.7. The van der Waals surface area contributed by atoms with E-state index in [9.17, 15) is 15.0 Å². The van der Waals surface area contributed by atoms with Crippen LogP contribution in [-0.4, -0.2) is 36.4 Å². The van der Waals surface area contributed by atoms with E-state index in [-0.39, 0.29) is 31.1 Å². The van der Waals surface area contributed by atoms with E-state index in [0.29, 0.717) is 11.4 Å². The Bertz CT molecular complexity index is 942. The van der Waals surface area contributed by atoms with Gasteiger partial charge in [0.2, 0.25) is 0 Å². The van der Waals surface area contributed by atoms with Crippen LogP contribution >= 0.6 is 0 Å². The Morgan fingerprint density at radius 2 is 1.96 bits per heavy atom. The number of aryl methyl sites for hydroxylation is 1. The van der Waals surface area contributed by atoms with Gasteiger partial charge in [-0.25, -0.2) is 0 Å². The monoisotopic (exact) mass is 367 g/mol. The zero-order chi connectivity index (χ0) is 19.6. The number of benzene rings is 1. The molecule has 6 heteroatoms. The number of carbonyl (C=O) groups excluding carboxylic acids is 1. The molecule has 0 saturated carbocycles. The first kappa shape index (κ1) is 19.2. The van der Waals surface area contributed by atoms with Crippen molar-refractivity contribution in [2.75, 3.05) is 0 Å². The summed E-state index contributed by atoms with van der Waals surface area (Å²) in [6, 6.07) is 11.4. The number of hydrogen-bond acceptors (Lipinski definition) is 5. The molecule has 0 amide bonds. The molecule has 0 fully saturated rings. The number of Topliss-reactive ketones (excluding diaryl/α,β-unsaturated/α-hetero) is 1. The molecular formula is C21H25N3O3. The summed E-state index contributed by atoms with van der Waals surface area (Å²) in [7, 11) is 1.79. The molecule has 142 valence electrons. The SMILES string of the molecule is Cn1ncc2cc(CC(=O)C[C@@H](c3ccccc3)C(C)(C)O)nc(CO)c21. The van der Waals surface area contributed by atoms with E-state index in [4.69, 9.17) is 0 Å². The van der Waals surface area contributed by atoms with Gasteiger partial charge in [0, 0.05) is 36.9 Å². The van der Waals surface area contributed by atoms with Gasteiger partial charge in [0.05, 0.1) is 29.6 Å². The van der Waals surface area contributed by atoms with Crippen molar-refractivity contribution in [2.45, 2.75) is 44.8 Å². The molecule has 0 aliphatic rings. The molecule has 2 N–H and O–H groups in total. The maximum Gasteiger partial charge on any atom is 0.139 e. The predicted molar refractivity (Wildman–Crippen MR) is 103 cm³/mol. The third-order valence-electron chi connectivity index (χ3n) is 4.86. The molecule has 6 nitrogen and oxygen atoms in total. The molecule has 0 radical (unpaired) electrons. The van der Waals surface area contributed by atoms with Crippen LogP contribution in [0.3, 0.4) is 0 Å². The van der Waals surface area contributed by atoms with E-state index in [2.05, 4.69) is 10.1 Å². The second-order valence-electron chi connectivity index (χ2n) is 7.46. The fourth-order valence-electron chi connectivity index (χ4n) is 3.52. The second kappa shape index (κ2) is 7.58.